The molecule has 236 valence electrons. The van der Waals surface area contributed by atoms with Crippen molar-refractivity contribution in [2.75, 3.05) is 4.90 Å². The summed E-state index contributed by atoms with van der Waals surface area (Å²) in [5.41, 5.74) is 14.0. The van der Waals surface area contributed by atoms with Crippen LogP contribution in [0.2, 0.25) is 0 Å². The Bertz CT molecular complexity index is 2430. The summed E-state index contributed by atoms with van der Waals surface area (Å²) in [7, 11) is 0. The molecule has 9 rings (SSSR count). The number of aromatic nitrogens is 1. The van der Waals surface area contributed by atoms with Crippen molar-refractivity contribution in [2.24, 2.45) is 0 Å². The molecular formula is C48H34N2. The summed E-state index contributed by atoms with van der Waals surface area (Å²) >= 11 is 0. The summed E-state index contributed by atoms with van der Waals surface area (Å²) < 4.78 is 2.45. The molecule has 1 heterocycles. The second kappa shape index (κ2) is 12.8. The highest BCUT2D eigenvalue weighted by Gasteiger charge is 2.21. The highest BCUT2D eigenvalue weighted by Crippen LogP contribution is 2.44. The van der Waals surface area contributed by atoms with Crippen LogP contribution >= 0.6 is 0 Å². The van der Waals surface area contributed by atoms with Crippen LogP contribution in [0.1, 0.15) is 0 Å². The van der Waals surface area contributed by atoms with Crippen molar-refractivity contribution in [3.63, 3.8) is 0 Å². The van der Waals surface area contributed by atoms with Crippen LogP contribution in [0, 0.1) is 0 Å². The molecule has 0 spiro atoms. The van der Waals surface area contributed by atoms with E-state index in [0.717, 1.165) is 33.9 Å². The van der Waals surface area contributed by atoms with E-state index in [2.05, 4.69) is 216 Å². The van der Waals surface area contributed by atoms with Crippen LogP contribution < -0.4 is 4.90 Å². The van der Waals surface area contributed by atoms with Crippen LogP contribution in [0.4, 0.5) is 17.1 Å². The molecule has 0 radical (unpaired) electrons. The number of fused-ring (bicyclic) bond motifs is 3. The second-order valence-corrected chi connectivity index (χ2v) is 12.6. The van der Waals surface area contributed by atoms with Gasteiger partial charge in [-0.1, -0.05) is 146 Å². The summed E-state index contributed by atoms with van der Waals surface area (Å²) in [6, 6.07) is 74.0. The van der Waals surface area contributed by atoms with E-state index >= 15 is 0 Å². The molecule has 0 saturated heterocycles. The molecule has 50 heavy (non-hydrogen) atoms. The molecule has 0 aliphatic rings. The van der Waals surface area contributed by atoms with E-state index in [1.165, 1.54) is 44.1 Å². The molecule has 0 saturated carbocycles. The first kappa shape index (κ1) is 29.5. The highest BCUT2D eigenvalue weighted by atomic mass is 15.1. The molecule has 1 aromatic heterocycles. The molecule has 0 fully saturated rings. The number of rotatable bonds is 7. The van der Waals surface area contributed by atoms with Gasteiger partial charge in [0, 0.05) is 33.3 Å². The van der Waals surface area contributed by atoms with Crippen molar-refractivity contribution >= 4 is 38.9 Å². The summed E-state index contributed by atoms with van der Waals surface area (Å²) in [4.78, 5) is 2.36. The number of anilines is 3. The first-order valence-electron chi connectivity index (χ1n) is 17.1. The summed E-state index contributed by atoms with van der Waals surface area (Å²) in [5.74, 6) is 0. The normalized spacial score (nSPS) is 11.2. The number of hydrogen-bond acceptors (Lipinski definition) is 1. The van der Waals surface area contributed by atoms with Crippen molar-refractivity contribution in [3.8, 4) is 39.1 Å². The molecule has 0 bridgehead atoms. The fraction of sp³-hybridized carbons (Fsp3) is 0. The zero-order valence-corrected chi connectivity index (χ0v) is 27.5. The van der Waals surface area contributed by atoms with E-state index in [0.29, 0.717) is 0 Å². The van der Waals surface area contributed by atoms with Gasteiger partial charge in [-0.3, -0.25) is 0 Å². The fourth-order valence-electron chi connectivity index (χ4n) is 7.28. The Balaban J connectivity index is 1.30. The Morgan fingerprint density at radius 2 is 0.740 bits per heavy atom. The molecule has 0 amide bonds. The maximum atomic E-state index is 2.45. The third-order valence-electron chi connectivity index (χ3n) is 9.59. The van der Waals surface area contributed by atoms with E-state index in [1.54, 1.807) is 0 Å². The van der Waals surface area contributed by atoms with E-state index < -0.39 is 0 Å². The maximum absolute atomic E-state index is 2.45. The standard InChI is InChI=1S/C48H34N2/c1-5-17-35(18-6-1)37-29-31-47-43(33-37)44-34-38(36-19-7-2-8-20-36)30-32-48(44)50(47)46-28-16-14-26-42(46)41-25-13-15-27-45(41)49(39-21-9-3-10-22-39)40-23-11-4-12-24-40/h1-34H. The Morgan fingerprint density at radius 1 is 0.320 bits per heavy atom. The Labute approximate surface area is 292 Å². The van der Waals surface area contributed by atoms with Crippen molar-refractivity contribution in [2.45, 2.75) is 0 Å². The summed E-state index contributed by atoms with van der Waals surface area (Å²) in [5, 5.41) is 2.47. The van der Waals surface area contributed by atoms with Crippen molar-refractivity contribution in [1.82, 2.24) is 4.57 Å². The molecule has 2 nitrogen and oxygen atoms in total. The van der Waals surface area contributed by atoms with Gasteiger partial charge < -0.3 is 9.47 Å². The van der Waals surface area contributed by atoms with Gasteiger partial charge in [-0.15, -0.1) is 0 Å². The quantitative estimate of drug-likeness (QED) is 0.169. The van der Waals surface area contributed by atoms with E-state index in [1.807, 2.05) is 0 Å². The van der Waals surface area contributed by atoms with Gasteiger partial charge in [-0.05, 0) is 82.9 Å². The first-order chi connectivity index (χ1) is 24.8. The third kappa shape index (κ3) is 5.24. The minimum Gasteiger partial charge on any atom is -0.310 e. The van der Waals surface area contributed by atoms with Gasteiger partial charge in [0.1, 0.15) is 0 Å². The maximum Gasteiger partial charge on any atom is 0.0541 e. The smallest absolute Gasteiger partial charge is 0.0541 e. The predicted molar refractivity (Wildman–Crippen MR) is 212 cm³/mol. The zero-order valence-electron chi connectivity index (χ0n) is 27.5. The van der Waals surface area contributed by atoms with Crippen molar-refractivity contribution in [3.05, 3.63) is 206 Å². The predicted octanol–water partition coefficient (Wildman–Crippen LogP) is 13.3. The molecule has 0 unspecified atom stereocenters. The minimum atomic E-state index is 1.11. The second-order valence-electron chi connectivity index (χ2n) is 12.6. The van der Waals surface area contributed by atoms with Crippen LogP contribution in [-0.4, -0.2) is 4.57 Å². The van der Waals surface area contributed by atoms with Gasteiger partial charge >= 0.3 is 0 Å². The lowest BCUT2D eigenvalue weighted by molar-refractivity contribution is 1.18. The molecule has 0 atom stereocenters. The molecule has 0 aliphatic heterocycles. The summed E-state index contributed by atoms with van der Waals surface area (Å²) in [6.07, 6.45) is 0. The third-order valence-corrected chi connectivity index (χ3v) is 9.59. The SMILES string of the molecule is c1ccc(-c2ccc3c(c2)c2cc(-c4ccccc4)ccc2n3-c2ccccc2-c2ccccc2N(c2ccccc2)c2ccccc2)cc1. The van der Waals surface area contributed by atoms with E-state index in [-0.39, 0.29) is 0 Å². The van der Waals surface area contributed by atoms with Crippen LogP contribution in [0.25, 0.3) is 60.9 Å². The van der Waals surface area contributed by atoms with E-state index in [4.69, 9.17) is 0 Å². The van der Waals surface area contributed by atoms with Gasteiger partial charge in [0.2, 0.25) is 0 Å². The lowest BCUT2D eigenvalue weighted by atomic mass is 9.99. The average molecular weight is 639 g/mol. The summed E-state index contributed by atoms with van der Waals surface area (Å²) in [6.45, 7) is 0. The lowest BCUT2D eigenvalue weighted by Crippen LogP contribution is -2.11. The van der Waals surface area contributed by atoms with Crippen LogP contribution in [0.5, 0.6) is 0 Å². The van der Waals surface area contributed by atoms with Gasteiger partial charge in [0.15, 0.2) is 0 Å². The Kier molecular flexibility index (Phi) is 7.53. The van der Waals surface area contributed by atoms with Crippen molar-refractivity contribution in [1.29, 1.82) is 0 Å². The zero-order chi connectivity index (χ0) is 33.3. The monoisotopic (exact) mass is 638 g/mol. The number of nitrogens with zero attached hydrogens (tertiary/aromatic N) is 2. The Morgan fingerprint density at radius 3 is 1.26 bits per heavy atom. The lowest BCUT2D eigenvalue weighted by Gasteiger charge is -2.28. The van der Waals surface area contributed by atoms with Crippen LogP contribution in [0.15, 0.2) is 206 Å². The first-order valence-corrected chi connectivity index (χ1v) is 17.1. The van der Waals surface area contributed by atoms with Crippen LogP contribution in [0.3, 0.4) is 0 Å². The molecule has 8 aromatic carbocycles. The van der Waals surface area contributed by atoms with Gasteiger partial charge in [0.05, 0.1) is 22.4 Å². The number of para-hydroxylation sites is 4. The van der Waals surface area contributed by atoms with Gasteiger partial charge in [-0.2, -0.15) is 0 Å². The fourth-order valence-corrected chi connectivity index (χ4v) is 7.28. The number of hydrogen-bond donors (Lipinski definition) is 0. The largest absolute Gasteiger partial charge is 0.310 e. The van der Waals surface area contributed by atoms with E-state index in [9.17, 15) is 0 Å². The highest BCUT2D eigenvalue weighted by molar-refractivity contribution is 6.12. The molecule has 2 heteroatoms. The number of benzene rings is 8. The molecular weight excluding hydrogens is 605 g/mol. The topological polar surface area (TPSA) is 8.17 Å². The van der Waals surface area contributed by atoms with Gasteiger partial charge in [0.25, 0.3) is 0 Å². The van der Waals surface area contributed by atoms with Gasteiger partial charge in [-0.25, -0.2) is 0 Å². The average Bonchev–Trinajstić information content (AvgIpc) is 3.52. The van der Waals surface area contributed by atoms with Crippen molar-refractivity contribution < 1.29 is 0 Å². The Hall–Kier alpha value is -6.64. The molecule has 9 aromatic rings. The molecule has 0 aliphatic carbocycles. The molecule has 0 N–H and O–H groups in total. The van der Waals surface area contributed by atoms with Crippen LogP contribution in [-0.2, 0) is 0 Å². The minimum absolute atomic E-state index is 1.11.